The lowest BCUT2D eigenvalue weighted by molar-refractivity contribution is -0.138. The van der Waals surface area contributed by atoms with Crippen LogP contribution in [0.1, 0.15) is 56.4 Å². The van der Waals surface area contributed by atoms with E-state index in [1.165, 1.54) is 18.7 Å². The van der Waals surface area contributed by atoms with E-state index in [2.05, 4.69) is 20.6 Å². The number of halogens is 3. The van der Waals surface area contributed by atoms with E-state index >= 15 is 0 Å². The summed E-state index contributed by atoms with van der Waals surface area (Å²) in [5.74, 6) is -1.57. The smallest absolute Gasteiger partial charge is 0.390 e. The number of nitrogens with one attached hydrogen (secondary N) is 2. The van der Waals surface area contributed by atoms with Gasteiger partial charge in [0, 0.05) is 12.6 Å². The predicted octanol–water partition coefficient (Wildman–Crippen LogP) is 5.40. The molecule has 0 saturated heterocycles. The summed E-state index contributed by atoms with van der Waals surface area (Å²) >= 11 is 0. The first-order chi connectivity index (χ1) is 16.7. The van der Waals surface area contributed by atoms with Crippen molar-refractivity contribution in [3.8, 4) is 0 Å². The van der Waals surface area contributed by atoms with Crippen molar-refractivity contribution in [1.82, 2.24) is 9.97 Å². The number of carboxylic acid groups (broad SMARTS) is 1. The monoisotopic (exact) mass is 491 g/mol. The first-order valence-corrected chi connectivity index (χ1v) is 11.7. The van der Waals surface area contributed by atoms with Gasteiger partial charge in [-0.1, -0.05) is 25.3 Å². The molecule has 2 atom stereocenters. The Morgan fingerprint density at radius 2 is 1.80 bits per heavy atom. The minimum Gasteiger partial charge on any atom is -0.481 e. The largest absolute Gasteiger partial charge is 0.481 e. The Morgan fingerprint density at radius 3 is 2.43 bits per heavy atom. The van der Waals surface area contributed by atoms with Gasteiger partial charge in [0.25, 0.3) is 0 Å². The summed E-state index contributed by atoms with van der Waals surface area (Å²) in [7, 11) is 0. The number of aliphatic carboxylic acids is 1. The maximum Gasteiger partial charge on any atom is 0.390 e. The Bertz CT molecular complexity index is 1040. The third-order valence-corrected chi connectivity index (χ3v) is 6.58. The van der Waals surface area contributed by atoms with Crippen molar-refractivity contribution < 1.29 is 27.9 Å². The van der Waals surface area contributed by atoms with Gasteiger partial charge >= 0.3 is 18.2 Å². The van der Waals surface area contributed by atoms with Crippen molar-refractivity contribution in [3.05, 3.63) is 42.5 Å². The zero-order chi connectivity index (χ0) is 25.0. The van der Waals surface area contributed by atoms with Crippen LogP contribution in [-0.2, 0) is 4.79 Å². The Kier molecular flexibility index (Phi) is 7.42. The van der Waals surface area contributed by atoms with Crippen LogP contribution in [0.3, 0.4) is 0 Å². The van der Waals surface area contributed by atoms with Crippen molar-refractivity contribution in [2.24, 2.45) is 5.92 Å². The van der Waals surface area contributed by atoms with E-state index in [-0.39, 0.29) is 18.5 Å². The average molecular weight is 492 g/mol. The molecule has 35 heavy (non-hydrogen) atoms. The molecule has 2 aromatic rings. The summed E-state index contributed by atoms with van der Waals surface area (Å²) in [6.07, 6.45) is 3.84. The number of aromatic nitrogens is 2. The Labute approximate surface area is 200 Å². The third-order valence-electron chi connectivity index (χ3n) is 6.58. The number of urea groups is 1. The summed E-state index contributed by atoms with van der Waals surface area (Å²) in [4.78, 5) is 33.6. The van der Waals surface area contributed by atoms with Gasteiger partial charge in [0.15, 0.2) is 0 Å². The first kappa shape index (κ1) is 24.7. The average Bonchev–Trinajstić information content (AvgIpc) is 3.62. The Balaban J connectivity index is 1.64. The maximum absolute atomic E-state index is 13.2. The van der Waals surface area contributed by atoms with Crippen LogP contribution in [0, 0.1) is 5.92 Å². The molecule has 2 amide bonds. The van der Waals surface area contributed by atoms with Crippen molar-refractivity contribution in [3.63, 3.8) is 0 Å². The van der Waals surface area contributed by atoms with Crippen molar-refractivity contribution in [1.29, 1.82) is 0 Å². The molecule has 2 saturated carbocycles. The molecule has 1 heterocycles. The summed E-state index contributed by atoms with van der Waals surface area (Å²) in [6, 6.07) is 4.49. The number of anilines is 3. The number of carboxylic acids is 1. The van der Waals surface area contributed by atoms with Gasteiger partial charge in [0.05, 0.1) is 41.8 Å². The number of hydrogen-bond donors (Lipinski definition) is 3. The van der Waals surface area contributed by atoms with Gasteiger partial charge in [-0.25, -0.2) is 14.8 Å². The number of benzene rings is 1. The molecule has 4 rings (SSSR count). The molecule has 2 fully saturated rings. The molecule has 2 aliphatic rings. The fourth-order valence-electron chi connectivity index (χ4n) is 4.76. The normalized spacial score (nSPS) is 20.2. The molecule has 0 aliphatic heterocycles. The van der Waals surface area contributed by atoms with Crippen LogP contribution < -0.4 is 15.5 Å². The molecule has 3 N–H and O–H groups in total. The summed E-state index contributed by atoms with van der Waals surface area (Å²) in [6.45, 7) is -0.225. The van der Waals surface area contributed by atoms with Gasteiger partial charge in [-0.2, -0.15) is 13.2 Å². The van der Waals surface area contributed by atoms with Crippen LogP contribution in [0.4, 0.5) is 35.0 Å². The van der Waals surface area contributed by atoms with Gasteiger partial charge in [-0.15, -0.1) is 0 Å². The highest BCUT2D eigenvalue weighted by atomic mass is 19.4. The van der Waals surface area contributed by atoms with E-state index < -0.39 is 30.5 Å². The molecule has 1 aromatic carbocycles. The number of amides is 2. The second-order valence-electron chi connectivity index (χ2n) is 9.12. The van der Waals surface area contributed by atoms with E-state index in [0.717, 1.165) is 37.7 Å². The lowest BCUT2D eigenvalue weighted by atomic mass is 9.93. The van der Waals surface area contributed by atoms with E-state index in [4.69, 9.17) is 0 Å². The topological polar surface area (TPSA) is 107 Å². The van der Waals surface area contributed by atoms with Crippen LogP contribution in [0.5, 0.6) is 0 Å². The number of hydrogen-bond acceptors (Lipinski definition) is 5. The summed E-state index contributed by atoms with van der Waals surface area (Å²) in [5, 5.41) is 14.7. The molecule has 0 unspecified atom stereocenters. The van der Waals surface area contributed by atoms with Crippen LogP contribution in [0.25, 0.3) is 0 Å². The van der Waals surface area contributed by atoms with Gasteiger partial charge in [-0.3, -0.25) is 4.79 Å². The zero-order valence-electron chi connectivity index (χ0n) is 19.1. The summed E-state index contributed by atoms with van der Waals surface area (Å²) in [5.41, 5.74) is 1.94. The second kappa shape index (κ2) is 10.5. The molecular weight excluding hydrogens is 463 g/mol. The van der Waals surface area contributed by atoms with E-state index in [1.807, 2.05) is 0 Å². The fourth-order valence-corrected chi connectivity index (χ4v) is 4.76. The Morgan fingerprint density at radius 1 is 1.09 bits per heavy atom. The molecule has 2 aliphatic carbocycles. The molecule has 1 aromatic heterocycles. The number of rotatable bonds is 8. The molecule has 0 bridgehead atoms. The van der Waals surface area contributed by atoms with Gasteiger partial charge in [0.1, 0.15) is 6.33 Å². The number of alkyl halides is 3. The van der Waals surface area contributed by atoms with E-state index in [0.29, 0.717) is 23.5 Å². The van der Waals surface area contributed by atoms with Crippen LogP contribution >= 0.6 is 0 Å². The minimum atomic E-state index is -4.31. The SMILES string of the molecule is O=C(Nc1cncnc1)Nc1cc([C@H]2C[C@H]2C(=O)O)ccc1N(CCC(F)(F)F)C1CCCCC1. The van der Waals surface area contributed by atoms with E-state index in [9.17, 15) is 27.9 Å². The lowest BCUT2D eigenvalue weighted by Gasteiger charge is -2.37. The van der Waals surface area contributed by atoms with Crippen LogP contribution in [0.2, 0.25) is 0 Å². The van der Waals surface area contributed by atoms with Crippen LogP contribution in [0.15, 0.2) is 36.9 Å². The van der Waals surface area contributed by atoms with Gasteiger partial charge in [0.2, 0.25) is 0 Å². The molecule has 188 valence electrons. The highest BCUT2D eigenvalue weighted by Crippen LogP contribution is 2.49. The highest BCUT2D eigenvalue weighted by molar-refractivity contribution is 6.01. The predicted molar refractivity (Wildman–Crippen MR) is 124 cm³/mol. The molecule has 11 heteroatoms. The molecule has 0 radical (unpaired) electrons. The first-order valence-electron chi connectivity index (χ1n) is 11.7. The van der Waals surface area contributed by atoms with Gasteiger partial charge < -0.3 is 20.6 Å². The number of nitrogens with zero attached hydrogens (tertiary/aromatic N) is 3. The number of carbonyl (C=O) groups is 2. The third kappa shape index (κ3) is 6.61. The molecular formula is C24H28F3N5O3. The minimum absolute atomic E-state index is 0.0734. The Hall–Kier alpha value is -3.37. The lowest BCUT2D eigenvalue weighted by Crippen LogP contribution is -2.39. The molecule has 8 nitrogen and oxygen atoms in total. The fraction of sp³-hybridized carbons (Fsp3) is 0.500. The van der Waals surface area contributed by atoms with Crippen molar-refractivity contribution in [2.45, 2.75) is 63.1 Å². The van der Waals surface area contributed by atoms with Crippen molar-refractivity contribution in [2.75, 3.05) is 22.1 Å². The zero-order valence-corrected chi connectivity index (χ0v) is 19.1. The second-order valence-corrected chi connectivity index (χ2v) is 9.12. The van der Waals surface area contributed by atoms with Crippen LogP contribution in [-0.4, -0.2) is 45.8 Å². The van der Waals surface area contributed by atoms with E-state index in [1.54, 1.807) is 23.1 Å². The number of carbonyl (C=O) groups excluding carboxylic acids is 1. The maximum atomic E-state index is 13.2. The quantitative estimate of drug-likeness (QED) is 0.456. The van der Waals surface area contributed by atoms with Gasteiger partial charge in [-0.05, 0) is 42.9 Å². The highest BCUT2D eigenvalue weighted by Gasteiger charge is 2.44. The summed E-state index contributed by atoms with van der Waals surface area (Å²) < 4.78 is 39.5. The molecule has 0 spiro atoms. The van der Waals surface area contributed by atoms with Crippen molar-refractivity contribution >= 4 is 29.1 Å². The standard InChI is InChI=1S/C24H28F3N5O3/c25-24(26,27)8-9-32(17-4-2-1-3-5-17)21-7-6-15(18-11-19(18)22(33)34)10-20(21)31-23(35)30-16-12-28-14-29-13-16/h6-7,10,12-14,17-19H,1-5,8-9,11H2,(H,33,34)(H2,30,31,35)/t18-,19-/m1/s1.